The SMILES string of the molecule is CS(=O)(=O)N(CCC(=O)NCc1ccccc1)c1ccccc1Cl. The topological polar surface area (TPSA) is 66.5 Å². The molecule has 0 unspecified atom stereocenters. The Morgan fingerprint density at radius 2 is 1.71 bits per heavy atom. The molecule has 2 aromatic carbocycles. The van der Waals surface area contributed by atoms with E-state index in [-0.39, 0.29) is 18.9 Å². The number of nitrogens with zero attached hydrogens (tertiary/aromatic N) is 1. The minimum absolute atomic E-state index is 0.0309. The number of rotatable bonds is 7. The number of anilines is 1. The first kappa shape index (κ1) is 18.3. The van der Waals surface area contributed by atoms with Crippen LogP contribution in [0.1, 0.15) is 12.0 Å². The molecule has 1 N–H and O–H groups in total. The lowest BCUT2D eigenvalue weighted by Crippen LogP contribution is -2.34. The lowest BCUT2D eigenvalue weighted by Gasteiger charge is -2.23. The van der Waals surface area contributed by atoms with Gasteiger partial charge in [-0.3, -0.25) is 9.10 Å². The van der Waals surface area contributed by atoms with Gasteiger partial charge in [0.1, 0.15) is 0 Å². The van der Waals surface area contributed by atoms with Gasteiger partial charge in [-0.15, -0.1) is 0 Å². The molecule has 7 heteroatoms. The first-order valence-corrected chi connectivity index (χ1v) is 9.63. The molecule has 2 rings (SSSR count). The fraction of sp³-hybridized carbons (Fsp3) is 0.235. The standard InChI is InChI=1S/C17H19ClN2O3S/c1-24(22,23)20(16-10-6-5-9-15(16)18)12-11-17(21)19-13-14-7-3-2-4-8-14/h2-10H,11-13H2,1H3,(H,19,21). The summed E-state index contributed by atoms with van der Waals surface area (Å²) in [4.78, 5) is 12.0. The quantitative estimate of drug-likeness (QED) is 0.819. The minimum atomic E-state index is -3.53. The van der Waals surface area contributed by atoms with Crippen molar-refractivity contribution >= 4 is 33.2 Å². The summed E-state index contributed by atoms with van der Waals surface area (Å²) in [6, 6.07) is 16.2. The van der Waals surface area contributed by atoms with E-state index in [2.05, 4.69) is 5.32 Å². The lowest BCUT2D eigenvalue weighted by atomic mass is 10.2. The van der Waals surface area contributed by atoms with Gasteiger partial charge in [0.05, 0.1) is 17.0 Å². The average Bonchev–Trinajstić information content (AvgIpc) is 2.54. The maximum Gasteiger partial charge on any atom is 0.232 e. The minimum Gasteiger partial charge on any atom is -0.352 e. The number of para-hydroxylation sites is 1. The molecule has 0 bridgehead atoms. The van der Waals surface area contributed by atoms with E-state index in [1.54, 1.807) is 24.3 Å². The Kier molecular flexibility index (Phi) is 6.23. The van der Waals surface area contributed by atoms with E-state index in [0.29, 0.717) is 17.3 Å². The van der Waals surface area contributed by atoms with Crippen LogP contribution in [0.15, 0.2) is 54.6 Å². The van der Waals surface area contributed by atoms with Crippen LogP contribution in [0.25, 0.3) is 0 Å². The zero-order chi connectivity index (χ0) is 17.6. The third-order valence-corrected chi connectivity index (χ3v) is 4.90. The van der Waals surface area contributed by atoms with E-state index in [0.717, 1.165) is 16.1 Å². The Labute approximate surface area is 147 Å². The van der Waals surface area contributed by atoms with Gasteiger partial charge in [-0.25, -0.2) is 8.42 Å². The van der Waals surface area contributed by atoms with E-state index < -0.39 is 10.0 Å². The highest BCUT2D eigenvalue weighted by molar-refractivity contribution is 7.92. The first-order valence-electron chi connectivity index (χ1n) is 7.41. The van der Waals surface area contributed by atoms with Crippen molar-refractivity contribution in [3.8, 4) is 0 Å². The molecule has 0 fully saturated rings. The lowest BCUT2D eigenvalue weighted by molar-refractivity contribution is -0.121. The monoisotopic (exact) mass is 366 g/mol. The maximum absolute atomic E-state index is 12.0. The third-order valence-electron chi connectivity index (χ3n) is 3.40. The van der Waals surface area contributed by atoms with Crippen molar-refractivity contribution in [1.82, 2.24) is 5.32 Å². The summed E-state index contributed by atoms with van der Waals surface area (Å²) >= 11 is 6.07. The smallest absolute Gasteiger partial charge is 0.232 e. The summed E-state index contributed by atoms with van der Waals surface area (Å²) in [7, 11) is -3.53. The van der Waals surface area contributed by atoms with Crippen LogP contribution in [0.4, 0.5) is 5.69 Å². The normalized spacial score (nSPS) is 11.1. The average molecular weight is 367 g/mol. The van der Waals surface area contributed by atoms with Crippen LogP contribution < -0.4 is 9.62 Å². The summed E-state index contributed by atoms with van der Waals surface area (Å²) < 4.78 is 25.2. The van der Waals surface area contributed by atoms with Crippen LogP contribution in [0.2, 0.25) is 5.02 Å². The highest BCUT2D eigenvalue weighted by atomic mass is 35.5. The Hall–Kier alpha value is -2.05. The van der Waals surface area contributed by atoms with Crippen molar-refractivity contribution in [3.63, 3.8) is 0 Å². The molecule has 0 spiro atoms. The van der Waals surface area contributed by atoms with Gasteiger partial charge in [0.25, 0.3) is 0 Å². The van der Waals surface area contributed by atoms with Crippen molar-refractivity contribution in [2.45, 2.75) is 13.0 Å². The van der Waals surface area contributed by atoms with Crippen molar-refractivity contribution in [1.29, 1.82) is 0 Å². The van der Waals surface area contributed by atoms with E-state index in [4.69, 9.17) is 11.6 Å². The molecule has 0 atom stereocenters. The van der Waals surface area contributed by atoms with Crippen LogP contribution in [0.3, 0.4) is 0 Å². The molecule has 2 aromatic rings. The highest BCUT2D eigenvalue weighted by Crippen LogP contribution is 2.27. The van der Waals surface area contributed by atoms with Crippen LogP contribution in [0, 0.1) is 0 Å². The summed E-state index contributed by atoms with van der Waals surface area (Å²) in [5.41, 5.74) is 1.36. The first-order chi connectivity index (χ1) is 11.4. The van der Waals surface area contributed by atoms with E-state index in [1.165, 1.54) is 0 Å². The fourth-order valence-corrected chi connectivity index (χ4v) is 3.43. The molecule has 0 heterocycles. The predicted molar refractivity (Wildman–Crippen MR) is 96.5 cm³/mol. The zero-order valence-electron chi connectivity index (χ0n) is 13.3. The molecule has 24 heavy (non-hydrogen) atoms. The molecule has 0 saturated heterocycles. The number of halogens is 1. The number of carbonyl (C=O) groups is 1. The van der Waals surface area contributed by atoms with Gasteiger partial charge in [-0.1, -0.05) is 54.1 Å². The second-order valence-electron chi connectivity index (χ2n) is 5.30. The molecule has 5 nitrogen and oxygen atoms in total. The molecule has 0 aliphatic heterocycles. The van der Waals surface area contributed by atoms with E-state index >= 15 is 0 Å². The molecule has 0 aliphatic rings. The van der Waals surface area contributed by atoms with Crippen LogP contribution in [0.5, 0.6) is 0 Å². The third kappa shape index (κ3) is 5.25. The Bertz CT molecular complexity index is 794. The van der Waals surface area contributed by atoms with Gasteiger partial charge < -0.3 is 5.32 Å². The van der Waals surface area contributed by atoms with Gasteiger partial charge in [0.2, 0.25) is 15.9 Å². The van der Waals surface area contributed by atoms with Gasteiger partial charge >= 0.3 is 0 Å². The Morgan fingerprint density at radius 1 is 1.08 bits per heavy atom. The number of sulfonamides is 1. The van der Waals surface area contributed by atoms with Gasteiger partial charge in [0.15, 0.2) is 0 Å². The molecule has 0 aromatic heterocycles. The molecular formula is C17H19ClN2O3S. The van der Waals surface area contributed by atoms with Crippen molar-refractivity contribution in [2.75, 3.05) is 17.1 Å². The van der Waals surface area contributed by atoms with Crippen molar-refractivity contribution < 1.29 is 13.2 Å². The summed E-state index contributed by atoms with van der Waals surface area (Å²) in [6.07, 6.45) is 1.14. The largest absolute Gasteiger partial charge is 0.352 e. The second-order valence-corrected chi connectivity index (χ2v) is 7.61. The van der Waals surface area contributed by atoms with Gasteiger partial charge in [-0.2, -0.15) is 0 Å². The van der Waals surface area contributed by atoms with Crippen molar-refractivity contribution in [2.24, 2.45) is 0 Å². The molecule has 0 radical (unpaired) electrons. The highest BCUT2D eigenvalue weighted by Gasteiger charge is 2.20. The summed E-state index contributed by atoms with van der Waals surface area (Å²) in [5, 5.41) is 3.10. The zero-order valence-corrected chi connectivity index (χ0v) is 14.8. The molecular weight excluding hydrogens is 348 g/mol. The summed E-state index contributed by atoms with van der Waals surface area (Å²) in [6.45, 7) is 0.438. The molecule has 0 aliphatic carbocycles. The molecule has 1 amide bonds. The fourth-order valence-electron chi connectivity index (χ4n) is 2.21. The van der Waals surface area contributed by atoms with Gasteiger partial charge in [-0.05, 0) is 17.7 Å². The second kappa shape index (κ2) is 8.17. The summed E-state index contributed by atoms with van der Waals surface area (Å²) in [5.74, 6) is -0.223. The van der Waals surface area contributed by atoms with Crippen LogP contribution in [-0.2, 0) is 21.4 Å². The van der Waals surface area contributed by atoms with Crippen LogP contribution >= 0.6 is 11.6 Å². The molecule has 0 saturated carbocycles. The Morgan fingerprint density at radius 3 is 2.33 bits per heavy atom. The number of nitrogens with one attached hydrogen (secondary N) is 1. The van der Waals surface area contributed by atoms with Crippen LogP contribution in [-0.4, -0.2) is 27.1 Å². The number of hydrogen-bond donors (Lipinski definition) is 1. The predicted octanol–water partition coefficient (Wildman–Crippen LogP) is 2.81. The number of benzene rings is 2. The number of hydrogen-bond acceptors (Lipinski definition) is 3. The number of carbonyl (C=O) groups excluding carboxylic acids is 1. The Balaban J connectivity index is 1.98. The van der Waals surface area contributed by atoms with Gasteiger partial charge in [0, 0.05) is 19.5 Å². The number of amides is 1. The van der Waals surface area contributed by atoms with E-state index in [9.17, 15) is 13.2 Å². The van der Waals surface area contributed by atoms with Crippen molar-refractivity contribution in [3.05, 3.63) is 65.2 Å². The van der Waals surface area contributed by atoms with E-state index in [1.807, 2.05) is 30.3 Å². The molecule has 128 valence electrons. The maximum atomic E-state index is 12.0.